The maximum atomic E-state index is 2.43. The first-order valence-electron chi connectivity index (χ1n) is 5.84. The molecule has 2 aliphatic carbocycles. The monoisotopic (exact) mass is 166 g/mol. The van der Waals surface area contributed by atoms with Crippen LogP contribution in [0.25, 0.3) is 0 Å². The van der Waals surface area contributed by atoms with E-state index in [4.69, 9.17) is 0 Å². The first-order valence-corrected chi connectivity index (χ1v) is 5.84. The van der Waals surface area contributed by atoms with Crippen molar-refractivity contribution in [2.75, 3.05) is 0 Å². The van der Waals surface area contributed by atoms with Crippen molar-refractivity contribution in [3.8, 4) is 0 Å². The van der Waals surface area contributed by atoms with E-state index in [1.165, 1.54) is 32.1 Å². The maximum Gasteiger partial charge on any atom is -0.0409 e. The molecular weight excluding hydrogens is 144 g/mol. The lowest BCUT2D eigenvalue weighted by atomic mass is 9.92. The lowest BCUT2D eigenvalue weighted by Gasteiger charge is -2.14. The number of hydrogen-bond acceptors (Lipinski definition) is 0. The van der Waals surface area contributed by atoms with Gasteiger partial charge in [-0.25, -0.2) is 0 Å². The Balaban J connectivity index is 1.72. The van der Waals surface area contributed by atoms with Crippen LogP contribution in [0.2, 0.25) is 0 Å². The van der Waals surface area contributed by atoms with Crippen molar-refractivity contribution in [3.63, 3.8) is 0 Å². The quantitative estimate of drug-likeness (QED) is 0.581. The summed E-state index contributed by atoms with van der Waals surface area (Å²) in [5.41, 5.74) is 0. The molecule has 0 nitrogen and oxygen atoms in total. The first-order chi connectivity index (χ1) is 5.84. The molecule has 0 heteroatoms. The Morgan fingerprint density at radius 2 is 1.67 bits per heavy atom. The highest BCUT2D eigenvalue weighted by molar-refractivity contribution is 4.77. The maximum absolute atomic E-state index is 2.43. The van der Waals surface area contributed by atoms with E-state index >= 15 is 0 Å². The zero-order valence-corrected chi connectivity index (χ0v) is 8.39. The van der Waals surface area contributed by atoms with E-state index in [-0.39, 0.29) is 0 Å². The molecule has 2 atom stereocenters. The summed E-state index contributed by atoms with van der Waals surface area (Å²) in [6.07, 6.45) is 12.3. The molecule has 2 aliphatic rings. The van der Waals surface area contributed by atoms with Gasteiger partial charge in [-0.3, -0.25) is 0 Å². The van der Waals surface area contributed by atoms with Crippen LogP contribution in [0, 0.1) is 17.8 Å². The van der Waals surface area contributed by atoms with E-state index in [1.54, 1.807) is 19.3 Å². The SMILES string of the molecule is CC1CCC(CC2CCCC2)C1. The average molecular weight is 166 g/mol. The fourth-order valence-corrected chi connectivity index (χ4v) is 3.26. The average Bonchev–Trinajstić information content (AvgIpc) is 2.63. The van der Waals surface area contributed by atoms with Crippen LogP contribution in [0.5, 0.6) is 0 Å². The van der Waals surface area contributed by atoms with E-state index in [0.29, 0.717) is 0 Å². The molecule has 2 saturated carbocycles. The van der Waals surface area contributed by atoms with E-state index in [9.17, 15) is 0 Å². The Morgan fingerprint density at radius 1 is 0.917 bits per heavy atom. The highest BCUT2D eigenvalue weighted by atomic mass is 14.3. The van der Waals surface area contributed by atoms with Crippen LogP contribution in [0.3, 0.4) is 0 Å². The summed E-state index contributed by atoms with van der Waals surface area (Å²) in [5, 5.41) is 0. The Kier molecular flexibility index (Phi) is 2.73. The van der Waals surface area contributed by atoms with E-state index in [0.717, 1.165) is 17.8 Å². The summed E-state index contributed by atoms with van der Waals surface area (Å²) in [7, 11) is 0. The second kappa shape index (κ2) is 3.81. The summed E-state index contributed by atoms with van der Waals surface area (Å²) in [6.45, 7) is 2.43. The Morgan fingerprint density at radius 3 is 2.25 bits per heavy atom. The minimum atomic E-state index is 1.04. The van der Waals surface area contributed by atoms with Gasteiger partial charge >= 0.3 is 0 Å². The summed E-state index contributed by atoms with van der Waals surface area (Å²) in [6, 6.07) is 0. The molecule has 0 amide bonds. The summed E-state index contributed by atoms with van der Waals surface area (Å²) >= 11 is 0. The van der Waals surface area contributed by atoms with Gasteiger partial charge in [-0.1, -0.05) is 45.4 Å². The van der Waals surface area contributed by atoms with Gasteiger partial charge in [-0.05, 0) is 30.6 Å². The topological polar surface area (TPSA) is 0 Å². The van der Waals surface area contributed by atoms with Crippen LogP contribution in [-0.2, 0) is 0 Å². The Hall–Kier alpha value is 0. The van der Waals surface area contributed by atoms with Crippen molar-refractivity contribution < 1.29 is 0 Å². The van der Waals surface area contributed by atoms with Gasteiger partial charge in [-0.2, -0.15) is 0 Å². The molecule has 0 aromatic heterocycles. The molecule has 0 N–H and O–H groups in total. The summed E-state index contributed by atoms with van der Waals surface area (Å²) < 4.78 is 0. The fourth-order valence-electron chi connectivity index (χ4n) is 3.26. The third-order valence-electron chi connectivity index (χ3n) is 3.94. The van der Waals surface area contributed by atoms with Crippen LogP contribution < -0.4 is 0 Å². The lowest BCUT2D eigenvalue weighted by molar-refractivity contribution is 0.374. The van der Waals surface area contributed by atoms with Crippen molar-refractivity contribution in [2.45, 2.75) is 58.3 Å². The highest BCUT2D eigenvalue weighted by Crippen LogP contribution is 2.38. The van der Waals surface area contributed by atoms with Gasteiger partial charge in [0.05, 0.1) is 0 Å². The summed E-state index contributed by atoms with van der Waals surface area (Å²) in [4.78, 5) is 0. The second-order valence-corrected chi connectivity index (χ2v) is 5.17. The van der Waals surface area contributed by atoms with Crippen LogP contribution in [0.15, 0.2) is 0 Å². The smallest absolute Gasteiger partial charge is 0.0409 e. The van der Waals surface area contributed by atoms with Gasteiger partial charge in [0.1, 0.15) is 0 Å². The molecule has 2 unspecified atom stereocenters. The van der Waals surface area contributed by atoms with Gasteiger partial charge < -0.3 is 0 Å². The summed E-state index contributed by atoms with van der Waals surface area (Å²) in [5.74, 6) is 3.28. The normalized spacial score (nSPS) is 37.8. The van der Waals surface area contributed by atoms with Crippen LogP contribution in [0.4, 0.5) is 0 Å². The molecule has 2 fully saturated rings. The molecule has 2 rings (SSSR count). The highest BCUT2D eigenvalue weighted by Gasteiger charge is 2.25. The zero-order chi connectivity index (χ0) is 8.39. The first kappa shape index (κ1) is 8.59. The molecule has 0 aliphatic heterocycles. The lowest BCUT2D eigenvalue weighted by Crippen LogP contribution is -2.02. The van der Waals surface area contributed by atoms with E-state index in [1.807, 2.05) is 0 Å². The number of rotatable bonds is 2. The van der Waals surface area contributed by atoms with Crippen molar-refractivity contribution in [2.24, 2.45) is 17.8 Å². The van der Waals surface area contributed by atoms with Crippen LogP contribution in [0.1, 0.15) is 58.3 Å². The molecule has 0 bridgehead atoms. The van der Waals surface area contributed by atoms with Gasteiger partial charge in [-0.15, -0.1) is 0 Å². The molecule has 0 radical (unpaired) electrons. The Bertz CT molecular complexity index is 133. The molecule has 0 aromatic rings. The molecular formula is C12H22. The van der Waals surface area contributed by atoms with Crippen molar-refractivity contribution in [1.82, 2.24) is 0 Å². The third-order valence-corrected chi connectivity index (χ3v) is 3.94. The molecule has 0 aromatic carbocycles. The van der Waals surface area contributed by atoms with Crippen molar-refractivity contribution >= 4 is 0 Å². The minimum absolute atomic E-state index is 1.04. The second-order valence-electron chi connectivity index (χ2n) is 5.17. The zero-order valence-electron chi connectivity index (χ0n) is 8.39. The standard InChI is InChI=1S/C12H22/c1-10-6-7-12(8-10)9-11-4-2-3-5-11/h10-12H,2-9H2,1H3. The molecule has 70 valence electrons. The largest absolute Gasteiger partial charge is 0.0625 e. The van der Waals surface area contributed by atoms with E-state index < -0.39 is 0 Å². The van der Waals surface area contributed by atoms with Crippen LogP contribution in [-0.4, -0.2) is 0 Å². The minimum Gasteiger partial charge on any atom is -0.0625 e. The molecule has 0 saturated heterocycles. The molecule has 0 spiro atoms. The molecule has 0 heterocycles. The molecule has 12 heavy (non-hydrogen) atoms. The third kappa shape index (κ3) is 2.02. The van der Waals surface area contributed by atoms with Crippen molar-refractivity contribution in [3.05, 3.63) is 0 Å². The predicted octanol–water partition coefficient (Wildman–Crippen LogP) is 4.00. The predicted molar refractivity (Wildman–Crippen MR) is 53.1 cm³/mol. The Labute approximate surface area is 76.7 Å². The fraction of sp³-hybridized carbons (Fsp3) is 1.00. The van der Waals surface area contributed by atoms with Gasteiger partial charge in [0.2, 0.25) is 0 Å². The van der Waals surface area contributed by atoms with Crippen LogP contribution >= 0.6 is 0 Å². The number of hydrogen-bond donors (Lipinski definition) is 0. The van der Waals surface area contributed by atoms with E-state index in [2.05, 4.69) is 6.92 Å². The van der Waals surface area contributed by atoms with Gasteiger partial charge in [0.15, 0.2) is 0 Å². The van der Waals surface area contributed by atoms with Crippen molar-refractivity contribution in [1.29, 1.82) is 0 Å². The van der Waals surface area contributed by atoms with Gasteiger partial charge in [0.25, 0.3) is 0 Å². The van der Waals surface area contributed by atoms with Gasteiger partial charge in [0, 0.05) is 0 Å².